The van der Waals surface area contributed by atoms with E-state index in [1.165, 1.54) is 0 Å². The molecule has 0 amide bonds. The van der Waals surface area contributed by atoms with Crippen LogP contribution in [0.2, 0.25) is 0 Å². The summed E-state index contributed by atoms with van der Waals surface area (Å²) in [4.78, 5) is 13.5. The first-order valence-corrected chi connectivity index (χ1v) is 6.60. The van der Waals surface area contributed by atoms with Crippen molar-refractivity contribution in [2.24, 2.45) is 0 Å². The smallest absolute Gasteiger partial charge is 0.323 e. The molecular formula is C13H26N2O4. The van der Waals surface area contributed by atoms with Gasteiger partial charge in [-0.2, -0.15) is 0 Å². The fourth-order valence-electron chi connectivity index (χ4n) is 2.60. The molecule has 112 valence electrons. The number of carbonyl (C=O) groups is 1. The van der Waals surface area contributed by atoms with Gasteiger partial charge in [-0.25, -0.2) is 0 Å². The largest absolute Gasteiger partial charge is 0.480 e. The molecule has 1 rings (SSSR count). The predicted octanol–water partition coefficient (Wildman–Crippen LogP) is 0.173. The highest BCUT2D eigenvalue weighted by Crippen LogP contribution is 2.23. The zero-order valence-electron chi connectivity index (χ0n) is 12.5. The van der Waals surface area contributed by atoms with Crippen molar-refractivity contribution in [1.29, 1.82) is 0 Å². The number of carboxylic acid groups (broad SMARTS) is 1. The Morgan fingerprint density at radius 1 is 1.42 bits per heavy atom. The minimum absolute atomic E-state index is 0.0538. The van der Waals surface area contributed by atoms with E-state index in [-0.39, 0.29) is 18.2 Å². The molecule has 19 heavy (non-hydrogen) atoms. The lowest BCUT2D eigenvalue weighted by molar-refractivity contribution is -0.144. The number of aliphatic carboxylic acids is 1. The Hall–Kier alpha value is -0.690. The highest BCUT2D eigenvalue weighted by atomic mass is 16.5. The van der Waals surface area contributed by atoms with E-state index >= 15 is 0 Å². The molecule has 0 radical (unpaired) electrons. The summed E-state index contributed by atoms with van der Waals surface area (Å²) in [7, 11) is 5.04. The molecule has 0 spiro atoms. The van der Waals surface area contributed by atoms with E-state index in [1.807, 2.05) is 6.92 Å². The molecule has 6 heteroatoms. The number of nitrogens with one attached hydrogen (secondary N) is 1. The van der Waals surface area contributed by atoms with E-state index in [2.05, 4.69) is 10.2 Å². The van der Waals surface area contributed by atoms with Gasteiger partial charge in [0.1, 0.15) is 5.54 Å². The number of likely N-dealkylation sites (N-methyl/N-ethyl adjacent to an activating group) is 1. The Bertz CT molecular complexity index is 301. The van der Waals surface area contributed by atoms with Crippen molar-refractivity contribution in [2.45, 2.75) is 44.1 Å². The van der Waals surface area contributed by atoms with Crippen LogP contribution in [-0.4, -0.2) is 74.1 Å². The fourth-order valence-corrected chi connectivity index (χ4v) is 2.60. The Labute approximate surface area is 115 Å². The average molecular weight is 274 g/mol. The third-order valence-electron chi connectivity index (χ3n) is 4.20. The van der Waals surface area contributed by atoms with E-state index in [0.29, 0.717) is 6.42 Å². The minimum Gasteiger partial charge on any atom is -0.480 e. The molecule has 0 bridgehead atoms. The van der Waals surface area contributed by atoms with Gasteiger partial charge in [-0.15, -0.1) is 0 Å². The highest BCUT2D eigenvalue weighted by molar-refractivity contribution is 5.78. The van der Waals surface area contributed by atoms with Crippen LogP contribution in [0.4, 0.5) is 0 Å². The molecule has 1 aliphatic heterocycles. The van der Waals surface area contributed by atoms with Crippen molar-refractivity contribution in [3.05, 3.63) is 0 Å². The third-order valence-corrected chi connectivity index (χ3v) is 4.20. The molecule has 1 aliphatic rings. The second kappa shape index (κ2) is 6.65. The predicted molar refractivity (Wildman–Crippen MR) is 72.3 cm³/mol. The van der Waals surface area contributed by atoms with Crippen molar-refractivity contribution in [3.8, 4) is 0 Å². The molecule has 1 fully saturated rings. The Balaban J connectivity index is 2.64. The number of methoxy groups -OCH3 is 2. The van der Waals surface area contributed by atoms with Gasteiger partial charge < -0.3 is 19.9 Å². The van der Waals surface area contributed by atoms with Crippen LogP contribution < -0.4 is 5.32 Å². The summed E-state index contributed by atoms with van der Waals surface area (Å²) >= 11 is 0. The number of ether oxygens (including phenoxy) is 2. The highest BCUT2D eigenvalue weighted by Gasteiger charge is 2.39. The first-order valence-electron chi connectivity index (χ1n) is 6.60. The topological polar surface area (TPSA) is 71.0 Å². The first-order chi connectivity index (χ1) is 8.87. The standard InChI is InChI=1S/C13H26N2O4/c1-9(6-13(2,14-3)12(16)17)15-7-10(18-4)11(8-15)19-5/h9-11,14H,6-8H2,1-5H3,(H,16,17). The van der Waals surface area contributed by atoms with E-state index in [9.17, 15) is 9.90 Å². The molecule has 2 N–H and O–H groups in total. The molecule has 4 atom stereocenters. The second-order valence-electron chi connectivity index (χ2n) is 5.44. The summed E-state index contributed by atoms with van der Waals surface area (Å²) in [6.07, 6.45) is 0.641. The maximum Gasteiger partial charge on any atom is 0.323 e. The van der Waals surface area contributed by atoms with Crippen LogP contribution in [0.1, 0.15) is 20.3 Å². The maximum atomic E-state index is 11.3. The molecule has 6 nitrogen and oxygen atoms in total. The lowest BCUT2D eigenvalue weighted by Crippen LogP contribution is -2.52. The lowest BCUT2D eigenvalue weighted by atomic mass is 9.93. The summed E-state index contributed by atoms with van der Waals surface area (Å²) in [5, 5.41) is 12.2. The molecule has 0 aliphatic carbocycles. The van der Waals surface area contributed by atoms with Gasteiger partial charge in [-0.05, 0) is 27.3 Å². The lowest BCUT2D eigenvalue weighted by Gasteiger charge is -2.32. The van der Waals surface area contributed by atoms with Crippen LogP contribution in [0.25, 0.3) is 0 Å². The Kier molecular flexibility index (Phi) is 5.73. The molecule has 1 heterocycles. The summed E-state index contributed by atoms with van der Waals surface area (Å²) in [6, 6.07) is 0.145. The Morgan fingerprint density at radius 3 is 2.21 bits per heavy atom. The number of rotatable bonds is 7. The van der Waals surface area contributed by atoms with E-state index in [4.69, 9.17) is 9.47 Å². The van der Waals surface area contributed by atoms with Gasteiger partial charge >= 0.3 is 5.97 Å². The van der Waals surface area contributed by atoms with Crippen LogP contribution in [0.3, 0.4) is 0 Å². The van der Waals surface area contributed by atoms with Gasteiger partial charge in [0.05, 0.1) is 12.2 Å². The van der Waals surface area contributed by atoms with E-state index in [1.54, 1.807) is 28.2 Å². The fraction of sp³-hybridized carbons (Fsp3) is 0.923. The van der Waals surface area contributed by atoms with Crippen LogP contribution >= 0.6 is 0 Å². The minimum atomic E-state index is -0.910. The SMILES string of the molecule is CNC(C)(CC(C)N1CC(OC)C(OC)C1)C(=O)O. The molecule has 4 unspecified atom stereocenters. The zero-order chi connectivity index (χ0) is 14.6. The molecular weight excluding hydrogens is 248 g/mol. The monoisotopic (exact) mass is 274 g/mol. The van der Waals surface area contributed by atoms with Crippen molar-refractivity contribution >= 4 is 5.97 Å². The number of nitrogens with zero attached hydrogens (tertiary/aromatic N) is 1. The van der Waals surface area contributed by atoms with Gasteiger partial charge in [-0.3, -0.25) is 9.69 Å². The summed E-state index contributed by atoms with van der Waals surface area (Å²) in [5.74, 6) is -0.826. The molecule has 0 aromatic heterocycles. The second-order valence-corrected chi connectivity index (χ2v) is 5.44. The average Bonchev–Trinajstić information content (AvgIpc) is 2.81. The van der Waals surface area contributed by atoms with Crippen LogP contribution in [0, 0.1) is 0 Å². The van der Waals surface area contributed by atoms with Gasteiger partial charge in [0, 0.05) is 33.4 Å². The number of hydrogen-bond acceptors (Lipinski definition) is 5. The number of carboxylic acids is 1. The molecule has 1 saturated heterocycles. The van der Waals surface area contributed by atoms with Crippen LogP contribution in [0.5, 0.6) is 0 Å². The normalized spacial score (nSPS) is 29.1. The summed E-state index contributed by atoms with van der Waals surface area (Å²) in [5.41, 5.74) is -0.910. The van der Waals surface area contributed by atoms with Gasteiger partial charge in [0.25, 0.3) is 0 Å². The van der Waals surface area contributed by atoms with Gasteiger partial charge in [0.15, 0.2) is 0 Å². The summed E-state index contributed by atoms with van der Waals surface area (Å²) in [6.45, 7) is 5.30. The third kappa shape index (κ3) is 3.66. The summed E-state index contributed by atoms with van der Waals surface area (Å²) < 4.78 is 10.8. The van der Waals surface area contributed by atoms with Crippen LogP contribution in [-0.2, 0) is 14.3 Å². The van der Waals surface area contributed by atoms with Crippen molar-refractivity contribution in [1.82, 2.24) is 10.2 Å². The van der Waals surface area contributed by atoms with Crippen molar-refractivity contribution < 1.29 is 19.4 Å². The van der Waals surface area contributed by atoms with E-state index < -0.39 is 11.5 Å². The maximum absolute atomic E-state index is 11.3. The van der Waals surface area contributed by atoms with Gasteiger partial charge in [0.2, 0.25) is 0 Å². The Morgan fingerprint density at radius 2 is 1.89 bits per heavy atom. The van der Waals surface area contributed by atoms with Crippen molar-refractivity contribution in [2.75, 3.05) is 34.4 Å². The first kappa shape index (κ1) is 16.4. The molecule has 0 aromatic carbocycles. The quantitative estimate of drug-likeness (QED) is 0.690. The van der Waals surface area contributed by atoms with Crippen LogP contribution in [0.15, 0.2) is 0 Å². The van der Waals surface area contributed by atoms with Crippen molar-refractivity contribution in [3.63, 3.8) is 0 Å². The molecule has 0 aromatic rings. The number of hydrogen-bond donors (Lipinski definition) is 2. The van der Waals surface area contributed by atoms with E-state index in [0.717, 1.165) is 13.1 Å². The zero-order valence-corrected chi connectivity index (χ0v) is 12.5. The van der Waals surface area contributed by atoms with Gasteiger partial charge in [-0.1, -0.05) is 0 Å². The number of likely N-dealkylation sites (tertiary alicyclic amines) is 1. The molecule has 0 saturated carbocycles.